The number of esters is 1. The third kappa shape index (κ3) is 2.87. The molecule has 0 saturated heterocycles. The van der Waals surface area contributed by atoms with E-state index in [1.54, 1.807) is 6.08 Å². The molecule has 0 bridgehead atoms. The highest BCUT2D eigenvalue weighted by Gasteiger charge is 2.33. The summed E-state index contributed by atoms with van der Waals surface area (Å²) in [6.07, 6.45) is 5.47. The molecule has 0 rings (SSSR count). The Kier molecular flexibility index (Phi) is 5.44. The molecule has 0 aliphatic rings. The summed E-state index contributed by atoms with van der Waals surface area (Å²) in [6, 6.07) is 0. The Balaban J connectivity index is 4.48. The lowest BCUT2D eigenvalue weighted by Crippen LogP contribution is -2.29. The van der Waals surface area contributed by atoms with Crippen molar-refractivity contribution in [2.75, 3.05) is 7.11 Å². The number of unbranched alkanes of at least 4 members (excludes halogenated alkanes) is 1. The lowest BCUT2D eigenvalue weighted by Gasteiger charge is -2.25. The summed E-state index contributed by atoms with van der Waals surface area (Å²) in [4.78, 5) is 11.5. The molecule has 13 heavy (non-hydrogen) atoms. The van der Waals surface area contributed by atoms with Crippen molar-refractivity contribution < 1.29 is 9.53 Å². The zero-order valence-electron chi connectivity index (χ0n) is 8.93. The van der Waals surface area contributed by atoms with Crippen molar-refractivity contribution in [1.82, 2.24) is 0 Å². The van der Waals surface area contributed by atoms with E-state index in [0.29, 0.717) is 0 Å². The van der Waals surface area contributed by atoms with Gasteiger partial charge in [-0.2, -0.15) is 0 Å². The first-order valence-electron chi connectivity index (χ1n) is 4.88. The van der Waals surface area contributed by atoms with E-state index in [4.69, 9.17) is 4.74 Å². The van der Waals surface area contributed by atoms with Crippen molar-refractivity contribution >= 4 is 5.97 Å². The Morgan fingerprint density at radius 2 is 2.15 bits per heavy atom. The molecule has 0 fully saturated rings. The van der Waals surface area contributed by atoms with E-state index in [-0.39, 0.29) is 5.97 Å². The highest BCUT2D eigenvalue weighted by atomic mass is 16.5. The van der Waals surface area contributed by atoms with Gasteiger partial charge in [-0.3, -0.25) is 4.79 Å². The molecule has 0 aliphatic heterocycles. The second-order valence-corrected chi connectivity index (χ2v) is 3.31. The molecule has 0 N–H and O–H groups in total. The molecule has 0 spiro atoms. The first kappa shape index (κ1) is 12.2. The summed E-state index contributed by atoms with van der Waals surface area (Å²) in [6.45, 7) is 7.83. The predicted molar refractivity (Wildman–Crippen MR) is 54.5 cm³/mol. The van der Waals surface area contributed by atoms with E-state index >= 15 is 0 Å². The number of methoxy groups -OCH3 is 1. The van der Waals surface area contributed by atoms with Gasteiger partial charge in [0, 0.05) is 0 Å². The fourth-order valence-electron chi connectivity index (χ4n) is 1.45. The molecule has 0 aromatic carbocycles. The van der Waals surface area contributed by atoms with Gasteiger partial charge in [-0.25, -0.2) is 0 Å². The minimum atomic E-state index is -0.454. The fourth-order valence-corrected chi connectivity index (χ4v) is 1.45. The minimum Gasteiger partial charge on any atom is -0.468 e. The summed E-state index contributed by atoms with van der Waals surface area (Å²) in [7, 11) is 1.43. The van der Waals surface area contributed by atoms with Crippen molar-refractivity contribution in [3.63, 3.8) is 0 Å². The molecule has 0 aliphatic carbocycles. The van der Waals surface area contributed by atoms with Crippen LogP contribution in [0.1, 0.15) is 39.5 Å². The van der Waals surface area contributed by atoms with E-state index in [0.717, 1.165) is 25.7 Å². The molecule has 2 heteroatoms. The third-order valence-corrected chi connectivity index (χ3v) is 2.59. The number of hydrogen-bond acceptors (Lipinski definition) is 2. The third-order valence-electron chi connectivity index (χ3n) is 2.59. The van der Waals surface area contributed by atoms with Crippen molar-refractivity contribution in [2.45, 2.75) is 39.5 Å². The summed E-state index contributed by atoms with van der Waals surface area (Å²) in [5, 5.41) is 0. The highest BCUT2D eigenvalue weighted by molar-refractivity contribution is 5.78. The average Bonchev–Trinajstić information content (AvgIpc) is 2.19. The molecular formula is C11H20O2. The van der Waals surface area contributed by atoms with Gasteiger partial charge in [0.2, 0.25) is 0 Å². The van der Waals surface area contributed by atoms with Crippen LogP contribution in [0.25, 0.3) is 0 Å². The molecule has 0 heterocycles. The minimum absolute atomic E-state index is 0.154. The summed E-state index contributed by atoms with van der Waals surface area (Å²) < 4.78 is 4.78. The second-order valence-electron chi connectivity index (χ2n) is 3.31. The Labute approximate surface area is 81.0 Å². The van der Waals surface area contributed by atoms with Crippen LogP contribution in [0, 0.1) is 5.41 Å². The van der Waals surface area contributed by atoms with Crippen molar-refractivity contribution in [1.29, 1.82) is 0 Å². The van der Waals surface area contributed by atoms with Crippen LogP contribution < -0.4 is 0 Å². The number of carbonyl (C=O) groups excluding carboxylic acids is 1. The Bertz CT molecular complexity index is 175. The predicted octanol–water partition coefficient (Wildman–Crippen LogP) is 2.93. The maximum absolute atomic E-state index is 11.5. The van der Waals surface area contributed by atoms with Crippen LogP contribution >= 0.6 is 0 Å². The lowest BCUT2D eigenvalue weighted by atomic mass is 9.80. The van der Waals surface area contributed by atoms with Gasteiger partial charge in [0.05, 0.1) is 12.5 Å². The lowest BCUT2D eigenvalue weighted by molar-refractivity contribution is -0.150. The van der Waals surface area contributed by atoms with Crippen LogP contribution in [0.15, 0.2) is 12.7 Å². The molecule has 0 aromatic heterocycles. The van der Waals surface area contributed by atoms with Gasteiger partial charge in [0.15, 0.2) is 0 Å². The Hall–Kier alpha value is -0.790. The van der Waals surface area contributed by atoms with Gasteiger partial charge in [0.25, 0.3) is 0 Å². The molecule has 0 unspecified atom stereocenters. The topological polar surface area (TPSA) is 26.3 Å². The second kappa shape index (κ2) is 5.79. The SMILES string of the molecule is C=C[C@@](CC)(CCCC)C(=O)OC. The molecular weight excluding hydrogens is 164 g/mol. The van der Waals surface area contributed by atoms with Gasteiger partial charge >= 0.3 is 5.97 Å². The van der Waals surface area contributed by atoms with Gasteiger partial charge < -0.3 is 4.74 Å². The van der Waals surface area contributed by atoms with Crippen LogP contribution in [-0.2, 0) is 9.53 Å². The van der Waals surface area contributed by atoms with E-state index in [1.165, 1.54) is 7.11 Å². The van der Waals surface area contributed by atoms with Crippen LogP contribution in [0.2, 0.25) is 0 Å². The molecule has 2 nitrogen and oxygen atoms in total. The van der Waals surface area contributed by atoms with E-state index in [2.05, 4.69) is 13.5 Å². The zero-order chi connectivity index (χ0) is 10.3. The van der Waals surface area contributed by atoms with Gasteiger partial charge in [0.1, 0.15) is 0 Å². The maximum atomic E-state index is 11.5. The Morgan fingerprint density at radius 3 is 2.46 bits per heavy atom. The van der Waals surface area contributed by atoms with Gasteiger partial charge in [-0.05, 0) is 12.8 Å². The number of hydrogen-bond donors (Lipinski definition) is 0. The smallest absolute Gasteiger partial charge is 0.315 e. The van der Waals surface area contributed by atoms with Gasteiger partial charge in [-0.1, -0.05) is 32.8 Å². The molecule has 76 valence electrons. The Morgan fingerprint density at radius 1 is 1.54 bits per heavy atom. The molecule has 0 aromatic rings. The first-order valence-corrected chi connectivity index (χ1v) is 4.88. The number of carbonyl (C=O) groups is 1. The van der Waals surface area contributed by atoms with Crippen LogP contribution in [-0.4, -0.2) is 13.1 Å². The average molecular weight is 184 g/mol. The molecule has 0 amide bonds. The first-order chi connectivity index (χ1) is 6.16. The maximum Gasteiger partial charge on any atom is 0.315 e. The van der Waals surface area contributed by atoms with Crippen LogP contribution in [0.5, 0.6) is 0 Å². The van der Waals surface area contributed by atoms with Crippen molar-refractivity contribution in [3.05, 3.63) is 12.7 Å². The number of ether oxygens (including phenoxy) is 1. The zero-order valence-corrected chi connectivity index (χ0v) is 8.93. The van der Waals surface area contributed by atoms with E-state index in [9.17, 15) is 4.79 Å². The molecule has 1 atom stereocenters. The van der Waals surface area contributed by atoms with E-state index in [1.807, 2.05) is 6.92 Å². The van der Waals surface area contributed by atoms with Crippen LogP contribution in [0.3, 0.4) is 0 Å². The largest absolute Gasteiger partial charge is 0.468 e. The standard InChI is InChI=1S/C11H20O2/c1-5-8-9-11(6-2,7-3)10(12)13-4/h6H,2,5,7-9H2,1,3-4H3/t11-/m1/s1. The van der Waals surface area contributed by atoms with E-state index < -0.39 is 5.41 Å². The highest BCUT2D eigenvalue weighted by Crippen LogP contribution is 2.31. The molecule has 0 radical (unpaired) electrons. The van der Waals surface area contributed by atoms with Crippen molar-refractivity contribution in [2.24, 2.45) is 5.41 Å². The normalized spacial score (nSPS) is 14.7. The van der Waals surface area contributed by atoms with Gasteiger partial charge in [-0.15, -0.1) is 6.58 Å². The van der Waals surface area contributed by atoms with Crippen molar-refractivity contribution in [3.8, 4) is 0 Å². The fraction of sp³-hybridized carbons (Fsp3) is 0.727. The summed E-state index contributed by atoms with van der Waals surface area (Å²) in [5.74, 6) is -0.154. The monoisotopic (exact) mass is 184 g/mol. The quantitative estimate of drug-likeness (QED) is 0.468. The number of rotatable bonds is 6. The molecule has 0 saturated carbocycles. The summed E-state index contributed by atoms with van der Waals surface area (Å²) in [5.41, 5.74) is -0.454. The summed E-state index contributed by atoms with van der Waals surface area (Å²) >= 11 is 0. The van der Waals surface area contributed by atoms with Crippen LogP contribution in [0.4, 0.5) is 0 Å².